The van der Waals surface area contributed by atoms with Crippen LogP contribution in [0.2, 0.25) is 5.02 Å². The minimum absolute atomic E-state index is 0.0684. The Morgan fingerprint density at radius 1 is 1.10 bits per heavy atom. The molecule has 104 valence electrons. The van der Waals surface area contributed by atoms with Gasteiger partial charge in [-0.2, -0.15) is 0 Å². The molecule has 0 fully saturated rings. The first kappa shape index (κ1) is 14.6. The molecule has 0 aliphatic rings. The number of rotatable bonds is 4. The highest BCUT2D eigenvalue weighted by molar-refractivity contribution is 6.35. The van der Waals surface area contributed by atoms with Crippen LogP contribution < -0.4 is 4.74 Å². The third-order valence-electron chi connectivity index (χ3n) is 3.26. The van der Waals surface area contributed by atoms with Crippen LogP contribution >= 0.6 is 11.6 Å². The van der Waals surface area contributed by atoms with Gasteiger partial charge in [-0.25, -0.2) is 0 Å². The van der Waals surface area contributed by atoms with Gasteiger partial charge in [0, 0.05) is 11.1 Å². The van der Waals surface area contributed by atoms with Gasteiger partial charge in [0.05, 0.1) is 11.6 Å². The van der Waals surface area contributed by atoms with Gasteiger partial charge in [-0.3, -0.25) is 4.79 Å². The van der Waals surface area contributed by atoms with Gasteiger partial charge in [-0.15, -0.1) is 0 Å². The molecule has 0 radical (unpaired) electrons. The predicted molar refractivity (Wildman–Crippen MR) is 82.0 cm³/mol. The van der Waals surface area contributed by atoms with E-state index in [0.29, 0.717) is 22.8 Å². The smallest absolute Gasteiger partial charge is 0.194 e. The third-order valence-corrected chi connectivity index (χ3v) is 3.57. The molecule has 3 heteroatoms. The Kier molecular flexibility index (Phi) is 4.46. The maximum absolute atomic E-state index is 12.5. The fraction of sp³-hybridized carbons (Fsp3) is 0.235. The van der Waals surface area contributed by atoms with Gasteiger partial charge in [-0.1, -0.05) is 11.6 Å². The molecule has 2 rings (SSSR count). The summed E-state index contributed by atoms with van der Waals surface area (Å²) in [4.78, 5) is 12.5. The second-order valence-corrected chi connectivity index (χ2v) is 5.11. The van der Waals surface area contributed by atoms with Crippen molar-refractivity contribution in [3.05, 3.63) is 63.7 Å². The van der Waals surface area contributed by atoms with Crippen molar-refractivity contribution in [2.75, 3.05) is 6.61 Å². The molecule has 0 saturated heterocycles. The molecule has 2 aromatic carbocycles. The van der Waals surface area contributed by atoms with E-state index in [2.05, 4.69) is 0 Å². The number of hydrogen-bond donors (Lipinski definition) is 0. The summed E-state index contributed by atoms with van der Waals surface area (Å²) in [6, 6.07) is 10.8. The van der Waals surface area contributed by atoms with Crippen molar-refractivity contribution in [2.45, 2.75) is 20.8 Å². The number of carbonyl (C=O) groups is 1. The molecular weight excluding hydrogens is 272 g/mol. The highest BCUT2D eigenvalue weighted by Crippen LogP contribution is 2.24. The maximum Gasteiger partial charge on any atom is 0.194 e. The lowest BCUT2D eigenvalue weighted by Crippen LogP contribution is -2.03. The van der Waals surface area contributed by atoms with E-state index in [1.165, 1.54) is 0 Å². The molecule has 0 N–H and O–H groups in total. The van der Waals surface area contributed by atoms with Crippen molar-refractivity contribution in [3.8, 4) is 5.75 Å². The number of aryl methyl sites for hydroxylation is 2. The van der Waals surface area contributed by atoms with E-state index < -0.39 is 0 Å². The van der Waals surface area contributed by atoms with Crippen LogP contribution in [0.3, 0.4) is 0 Å². The third kappa shape index (κ3) is 3.02. The Morgan fingerprint density at radius 3 is 2.30 bits per heavy atom. The van der Waals surface area contributed by atoms with Crippen LogP contribution in [0.5, 0.6) is 5.75 Å². The van der Waals surface area contributed by atoms with Gasteiger partial charge >= 0.3 is 0 Å². The normalized spacial score (nSPS) is 10.4. The second kappa shape index (κ2) is 6.10. The summed E-state index contributed by atoms with van der Waals surface area (Å²) in [6.45, 7) is 6.48. The fourth-order valence-corrected chi connectivity index (χ4v) is 2.28. The number of hydrogen-bond acceptors (Lipinski definition) is 2. The molecule has 0 atom stereocenters. The Bertz CT molecular complexity index is 630. The lowest BCUT2D eigenvalue weighted by molar-refractivity contribution is 0.103. The molecule has 0 aromatic heterocycles. The lowest BCUT2D eigenvalue weighted by Gasteiger charge is -2.08. The van der Waals surface area contributed by atoms with Crippen molar-refractivity contribution < 1.29 is 9.53 Å². The van der Waals surface area contributed by atoms with E-state index >= 15 is 0 Å². The van der Waals surface area contributed by atoms with Gasteiger partial charge in [-0.05, 0) is 68.3 Å². The first-order valence-corrected chi connectivity index (χ1v) is 6.95. The SMILES string of the molecule is CCOc1ccc(C(=O)c2cc(C)c(C)cc2Cl)cc1. The molecule has 0 bridgehead atoms. The van der Waals surface area contributed by atoms with E-state index in [1.807, 2.05) is 32.9 Å². The summed E-state index contributed by atoms with van der Waals surface area (Å²) in [6.07, 6.45) is 0. The highest BCUT2D eigenvalue weighted by atomic mass is 35.5. The largest absolute Gasteiger partial charge is 0.494 e. The van der Waals surface area contributed by atoms with Gasteiger partial charge in [0.1, 0.15) is 5.75 Å². The number of ether oxygens (including phenoxy) is 1. The van der Waals surface area contributed by atoms with Crippen LogP contribution in [0, 0.1) is 13.8 Å². The minimum Gasteiger partial charge on any atom is -0.494 e. The number of carbonyl (C=O) groups excluding carboxylic acids is 1. The molecule has 2 aromatic rings. The van der Waals surface area contributed by atoms with E-state index in [4.69, 9.17) is 16.3 Å². The first-order valence-electron chi connectivity index (χ1n) is 6.57. The molecule has 0 saturated carbocycles. The highest BCUT2D eigenvalue weighted by Gasteiger charge is 2.14. The monoisotopic (exact) mass is 288 g/mol. The molecule has 0 spiro atoms. The standard InChI is InChI=1S/C17H17ClO2/c1-4-20-14-7-5-13(6-8-14)17(19)15-9-11(2)12(3)10-16(15)18/h5-10H,4H2,1-3H3. The summed E-state index contributed by atoms with van der Waals surface area (Å²) >= 11 is 6.18. The van der Waals surface area contributed by atoms with E-state index in [1.54, 1.807) is 24.3 Å². The van der Waals surface area contributed by atoms with Crippen LogP contribution in [-0.4, -0.2) is 12.4 Å². The quantitative estimate of drug-likeness (QED) is 0.769. The molecular formula is C17H17ClO2. The van der Waals surface area contributed by atoms with Crippen LogP contribution in [0.4, 0.5) is 0 Å². The molecule has 0 heterocycles. The number of ketones is 1. The molecule has 0 aliphatic carbocycles. The number of halogens is 1. The molecule has 0 amide bonds. The van der Waals surface area contributed by atoms with Crippen LogP contribution in [-0.2, 0) is 0 Å². The molecule has 20 heavy (non-hydrogen) atoms. The Labute approximate surface area is 124 Å². The van der Waals surface area contributed by atoms with Crippen LogP contribution in [0.1, 0.15) is 34.0 Å². The average molecular weight is 289 g/mol. The molecule has 2 nitrogen and oxygen atoms in total. The minimum atomic E-state index is -0.0684. The van der Waals surface area contributed by atoms with E-state index in [-0.39, 0.29) is 5.78 Å². The number of benzene rings is 2. The molecule has 0 aliphatic heterocycles. The van der Waals surface area contributed by atoms with E-state index in [0.717, 1.165) is 16.9 Å². The Morgan fingerprint density at radius 2 is 1.70 bits per heavy atom. The predicted octanol–water partition coefficient (Wildman–Crippen LogP) is 4.59. The van der Waals surface area contributed by atoms with Gasteiger partial charge in [0.2, 0.25) is 0 Å². The van der Waals surface area contributed by atoms with Gasteiger partial charge in [0.25, 0.3) is 0 Å². The summed E-state index contributed by atoms with van der Waals surface area (Å²) in [7, 11) is 0. The van der Waals surface area contributed by atoms with Crippen molar-refractivity contribution in [1.29, 1.82) is 0 Å². The van der Waals surface area contributed by atoms with E-state index in [9.17, 15) is 4.79 Å². The lowest BCUT2D eigenvalue weighted by atomic mass is 9.99. The van der Waals surface area contributed by atoms with Crippen molar-refractivity contribution in [2.24, 2.45) is 0 Å². The van der Waals surface area contributed by atoms with Gasteiger partial charge in [0.15, 0.2) is 5.78 Å². The molecule has 0 unspecified atom stereocenters. The zero-order valence-corrected chi connectivity index (χ0v) is 12.6. The Balaban J connectivity index is 2.33. The van der Waals surface area contributed by atoms with Crippen LogP contribution in [0.15, 0.2) is 36.4 Å². The first-order chi connectivity index (χ1) is 9.52. The Hall–Kier alpha value is -1.80. The fourth-order valence-electron chi connectivity index (χ4n) is 1.98. The second-order valence-electron chi connectivity index (χ2n) is 4.70. The topological polar surface area (TPSA) is 26.3 Å². The zero-order chi connectivity index (χ0) is 14.7. The summed E-state index contributed by atoms with van der Waals surface area (Å²) in [5.74, 6) is 0.691. The van der Waals surface area contributed by atoms with Crippen molar-refractivity contribution in [3.63, 3.8) is 0 Å². The average Bonchev–Trinajstić information content (AvgIpc) is 2.43. The summed E-state index contributed by atoms with van der Waals surface area (Å²) in [5, 5.41) is 0.493. The zero-order valence-electron chi connectivity index (χ0n) is 11.9. The van der Waals surface area contributed by atoms with Gasteiger partial charge < -0.3 is 4.74 Å². The summed E-state index contributed by atoms with van der Waals surface area (Å²) in [5.41, 5.74) is 3.29. The van der Waals surface area contributed by atoms with Crippen molar-refractivity contribution in [1.82, 2.24) is 0 Å². The summed E-state index contributed by atoms with van der Waals surface area (Å²) < 4.78 is 5.37. The van der Waals surface area contributed by atoms with Crippen molar-refractivity contribution >= 4 is 17.4 Å². The maximum atomic E-state index is 12.5. The van der Waals surface area contributed by atoms with Crippen LogP contribution in [0.25, 0.3) is 0 Å².